The summed E-state index contributed by atoms with van der Waals surface area (Å²) in [6.07, 6.45) is -4.45. The Labute approximate surface area is 264 Å². The monoisotopic (exact) mass is 640 g/mol. The van der Waals surface area contributed by atoms with Crippen molar-refractivity contribution >= 4 is 23.5 Å². The Morgan fingerprint density at radius 1 is 1.02 bits per heavy atom. The third kappa shape index (κ3) is 10.3. The van der Waals surface area contributed by atoms with Crippen LogP contribution in [0, 0.1) is 5.41 Å². The second-order valence-corrected chi connectivity index (χ2v) is 11.7. The van der Waals surface area contributed by atoms with Gasteiger partial charge < -0.3 is 25.0 Å². The third-order valence-corrected chi connectivity index (χ3v) is 6.77. The Kier molecular flexibility index (Phi) is 10.6. The zero-order valence-corrected chi connectivity index (χ0v) is 25.7. The molecule has 0 aliphatic carbocycles. The standard InChI is InChI=1S/C32H35F3N6O5/c1-20-15-41(28(44)21(2)42)18-31(3,4)17-37-27(43)24-9-5-22(6-10-24)13-26-38-29(40-30(39-26)46-19-32(33,34)35)36-14-23-7-11-25(12-8-23)45-16-20/h5-12H,1,13-19H2,2-4H3,(H,37,43)(H,36,38,39,40). The SMILES string of the molecule is C=C1COc2ccc(cc2)CNc2nc(nc(OCC(F)(F)F)n2)Cc2ccc(cc2)C(=O)NCC(C)(C)CN(C(=O)C(C)=O)C1. The molecule has 7 rings (SSSR count). The van der Waals surface area contributed by atoms with Gasteiger partial charge in [-0.25, -0.2) is 0 Å². The number of halogens is 3. The van der Waals surface area contributed by atoms with Crippen molar-refractivity contribution in [3.05, 3.63) is 83.2 Å². The van der Waals surface area contributed by atoms with Crippen molar-refractivity contribution in [2.24, 2.45) is 5.41 Å². The Morgan fingerprint density at radius 3 is 2.35 bits per heavy atom. The Bertz CT molecular complexity index is 1580. The van der Waals surface area contributed by atoms with Crippen LogP contribution in [-0.4, -0.2) is 76.5 Å². The normalized spacial score (nSPS) is 16.1. The predicted molar refractivity (Wildman–Crippen MR) is 162 cm³/mol. The first kappa shape index (κ1) is 33.9. The van der Waals surface area contributed by atoms with Gasteiger partial charge in [0.2, 0.25) is 11.7 Å². The van der Waals surface area contributed by atoms with Crippen LogP contribution < -0.4 is 20.1 Å². The molecule has 0 fully saturated rings. The second-order valence-electron chi connectivity index (χ2n) is 11.7. The molecule has 2 N–H and O–H groups in total. The maximum absolute atomic E-state index is 13.0. The van der Waals surface area contributed by atoms with Crippen molar-refractivity contribution in [3.63, 3.8) is 0 Å². The third-order valence-electron chi connectivity index (χ3n) is 6.77. The molecular weight excluding hydrogens is 605 g/mol. The van der Waals surface area contributed by atoms with E-state index in [4.69, 9.17) is 9.47 Å². The number of nitrogens with zero attached hydrogens (tertiary/aromatic N) is 4. The highest BCUT2D eigenvalue weighted by Gasteiger charge is 2.30. The van der Waals surface area contributed by atoms with E-state index in [1.807, 2.05) is 13.8 Å². The number of Topliss-reactive ketones (excluding diaryl/α,β-unsaturated/α-hetero) is 1. The molecule has 4 aliphatic rings. The van der Waals surface area contributed by atoms with Gasteiger partial charge in [-0.3, -0.25) is 14.4 Å². The van der Waals surface area contributed by atoms with E-state index in [0.29, 0.717) is 22.4 Å². The summed E-state index contributed by atoms with van der Waals surface area (Å²) in [5, 5.41) is 5.87. The van der Waals surface area contributed by atoms with Gasteiger partial charge in [0.05, 0.1) is 0 Å². The van der Waals surface area contributed by atoms with Crippen molar-refractivity contribution in [1.29, 1.82) is 0 Å². The lowest BCUT2D eigenvalue weighted by Crippen LogP contribution is -2.47. The van der Waals surface area contributed by atoms with Gasteiger partial charge in [0.1, 0.15) is 18.2 Å². The largest absolute Gasteiger partial charge is 0.489 e. The number of ketones is 1. The van der Waals surface area contributed by atoms with Crippen molar-refractivity contribution in [1.82, 2.24) is 25.2 Å². The minimum absolute atomic E-state index is 0.0246. The van der Waals surface area contributed by atoms with E-state index in [2.05, 4.69) is 32.2 Å². The summed E-state index contributed by atoms with van der Waals surface area (Å²) < 4.78 is 49.1. The minimum atomic E-state index is -4.58. The molecule has 46 heavy (non-hydrogen) atoms. The maximum Gasteiger partial charge on any atom is 0.422 e. The first-order valence-electron chi connectivity index (χ1n) is 14.4. The van der Waals surface area contributed by atoms with E-state index in [1.165, 1.54) is 11.8 Å². The first-order chi connectivity index (χ1) is 21.7. The highest BCUT2D eigenvalue weighted by Crippen LogP contribution is 2.21. The number of amides is 2. The van der Waals surface area contributed by atoms with Crippen LogP contribution in [0.15, 0.2) is 60.7 Å². The van der Waals surface area contributed by atoms with Crippen LogP contribution in [0.5, 0.6) is 11.8 Å². The number of hydrogen-bond donors (Lipinski definition) is 2. The summed E-state index contributed by atoms with van der Waals surface area (Å²) in [5.41, 5.74) is 1.81. The van der Waals surface area contributed by atoms with E-state index in [0.717, 1.165) is 5.56 Å². The van der Waals surface area contributed by atoms with E-state index in [1.54, 1.807) is 48.5 Å². The topological polar surface area (TPSA) is 136 Å². The van der Waals surface area contributed by atoms with Gasteiger partial charge in [0, 0.05) is 45.1 Å². The molecule has 2 amide bonds. The summed E-state index contributed by atoms with van der Waals surface area (Å²) in [6, 6.07) is 13.2. The summed E-state index contributed by atoms with van der Waals surface area (Å²) >= 11 is 0. The Morgan fingerprint density at radius 2 is 1.70 bits per heavy atom. The highest BCUT2D eigenvalue weighted by molar-refractivity contribution is 6.35. The van der Waals surface area contributed by atoms with Gasteiger partial charge in [-0.1, -0.05) is 44.7 Å². The highest BCUT2D eigenvalue weighted by atomic mass is 19.4. The molecule has 244 valence electrons. The minimum Gasteiger partial charge on any atom is -0.489 e. The number of rotatable bonds is 3. The van der Waals surface area contributed by atoms with Crippen LogP contribution in [0.4, 0.5) is 19.1 Å². The van der Waals surface area contributed by atoms with Crippen molar-refractivity contribution < 1.29 is 37.0 Å². The fraction of sp³-hybridized carbons (Fsp3) is 0.375. The average Bonchev–Trinajstić information content (AvgIpc) is 3.00. The molecule has 0 saturated heterocycles. The number of hydrogen-bond acceptors (Lipinski definition) is 9. The number of ether oxygens (including phenoxy) is 2. The molecule has 0 spiro atoms. The molecular formula is C32H35F3N6O5. The molecule has 2 aromatic carbocycles. The van der Waals surface area contributed by atoms with Crippen LogP contribution in [0.3, 0.4) is 0 Å². The lowest BCUT2D eigenvalue weighted by Gasteiger charge is -2.33. The van der Waals surface area contributed by atoms with Gasteiger partial charge in [-0.05, 0) is 46.4 Å². The van der Waals surface area contributed by atoms with Crippen LogP contribution in [0.25, 0.3) is 0 Å². The molecule has 0 saturated carbocycles. The molecule has 6 bridgehead atoms. The fourth-order valence-corrected chi connectivity index (χ4v) is 4.53. The summed E-state index contributed by atoms with van der Waals surface area (Å²) in [5.74, 6) is -0.896. The van der Waals surface area contributed by atoms with Crippen molar-refractivity contribution in [2.75, 3.05) is 38.2 Å². The molecule has 3 aromatic rings. The number of carbonyl (C=O) groups is 3. The molecule has 11 nitrogen and oxygen atoms in total. The van der Waals surface area contributed by atoms with Crippen LogP contribution in [0.1, 0.15) is 48.1 Å². The quantitative estimate of drug-likeness (QED) is 0.320. The smallest absolute Gasteiger partial charge is 0.422 e. The number of aromatic nitrogens is 3. The van der Waals surface area contributed by atoms with Gasteiger partial charge in [-0.15, -0.1) is 0 Å². The van der Waals surface area contributed by atoms with Gasteiger partial charge in [0.15, 0.2) is 6.61 Å². The maximum atomic E-state index is 13.0. The van der Waals surface area contributed by atoms with Crippen LogP contribution in [-0.2, 0) is 22.6 Å². The number of nitrogens with one attached hydrogen (secondary N) is 2. The van der Waals surface area contributed by atoms with Crippen molar-refractivity contribution in [3.8, 4) is 11.8 Å². The van der Waals surface area contributed by atoms with Gasteiger partial charge >= 0.3 is 12.2 Å². The molecule has 1 aromatic heterocycles. The molecule has 5 heterocycles. The number of alkyl halides is 3. The zero-order valence-electron chi connectivity index (χ0n) is 25.7. The second kappa shape index (κ2) is 14.4. The summed E-state index contributed by atoms with van der Waals surface area (Å²) in [7, 11) is 0. The number of anilines is 1. The zero-order chi connectivity index (χ0) is 33.5. The van der Waals surface area contributed by atoms with Gasteiger partial charge in [0.25, 0.3) is 11.8 Å². The lowest BCUT2D eigenvalue weighted by atomic mass is 9.92. The Balaban J connectivity index is 1.61. The molecule has 0 radical (unpaired) electrons. The van der Waals surface area contributed by atoms with Gasteiger partial charge in [-0.2, -0.15) is 28.1 Å². The lowest BCUT2D eigenvalue weighted by molar-refractivity contribution is -0.154. The first-order valence-corrected chi connectivity index (χ1v) is 14.4. The van der Waals surface area contributed by atoms with E-state index in [9.17, 15) is 27.6 Å². The van der Waals surface area contributed by atoms with Crippen molar-refractivity contribution in [2.45, 2.75) is 39.9 Å². The molecule has 14 heteroatoms. The molecule has 4 aliphatic heterocycles. The molecule has 0 unspecified atom stereocenters. The molecule has 0 atom stereocenters. The van der Waals surface area contributed by atoms with Crippen LogP contribution >= 0.6 is 0 Å². The predicted octanol–water partition coefficient (Wildman–Crippen LogP) is 4.14. The Hall–Kier alpha value is -5.01. The summed E-state index contributed by atoms with van der Waals surface area (Å²) in [6.45, 7) is 8.18. The number of carbonyl (C=O) groups excluding carboxylic acids is 3. The fourth-order valence-electron chi connectivity index (χ4n) is 4.53. The van der Waals surface area contributed by atoms with E-state index in [-0.39, 0.29) is 56.9 Å². The average molecular weight is 641 g/mol. The van der Waals surface area contributed by atoms with Crippen LogP contribution in [0.2, 0.25) is 0 Å². The summed E-state index contributed by atoms with van der Waals surface area (Å²) in [4.78, 5) is 51.5. The number of benzene rings is 2. The van der Waals surface area contributed by atoms with E-state index >= 15 is 0 Å². The van der Waals surface area contributed by atoms with E-state index < -0.39 is 35.9 Å².